The molecule has 9 heteroatoms. The number of hydrogen-bond acceptors (Lipinski definition) is 6. The molecule has 4 aromatic carbocycles. The first-order valence-corrected chi connectivity index (χ1v) is 15.6. The Hall–Kier alpha value is -4.44. The van der Waals surface area contributed by atoms with Crippen LogP contribution in [0.25, 0.3) is 12.2 Å². The summed E-state index contributed by atoms with van der Waals surface area (Å²) in [7, 11) is -1.75. The number of nitrogens with one attached hydrogen (secondary N) is 1. The second-order valence-corrected chi connectivity index (χ2v) is 12.2. The molecule has 1 heterocycles. The van der Waals surface area contributed by atoms with Crippen LogP contribution >= 0.6 is 12.6 Å². The molecule has 0 aromatic heterocycles. The lowest BCUT2D eigenvalue weighted by atomic mass is 10.1. The topological polar surface area (TPSA) is 95.9 Å². The van der Waals surface area contributed by atoms with Gasteiger partial charge in [0.1, 0.15) is 39.9 Å². The first-order valence-electron chi connectivity index (χ1n) is 14.0. The van der Waals surface area contributed by atoms with E-state index in [-0.39, 0.29) is 12.2 Å². The fraction of sp³-hybridized carbons (Fsp3) is 0.143. The number of aryl methyl sites for hydroxylation is 1. The number of thiol groups is 1. The van der Waals surface area contributed by atoms with Crippen LogP contribution in [0.1, 0.15) is 38.2 Å². The maximum Gasteiger partial charge on any atom is 0.322 e. The summed E-state index contributed by atoms with van der Waals surface area (Å²) in [6.45, 7) is 2.50. The zero-order valence-corrected chi connectivity index (χ0v) is 25.7. The molecule has 0 bridgehead atoms. The monoisotopic (exact) mass is 624 g/mol. The van der Waals surface area contributed by atoms with Gasteiger partial charge in [0, 0.05) is 5.56 Å². The minimum Gasteiger partial charge on any atom is -0.489 e. The summed E-state index contributed by atoms with van der Waals surface area (Å²) in [5.74, 6) is -0.511. The van der Waals surface area contributed by atoms with Crippen LogP contribution in [-0.2, 0) is 28.8 Å². The number of benzene rings is 4. The van der Waals surface area contributed by atoms with E-state index < -0.39 is 28.5 Å². The van der Waals surface area contributed by atoms with Crippen molar-refractivity contribution in [3.63, 3.8) is 0 Å². The van der Waals surface area contributed by atoms with Gasteiger partial charge in [0.2, 0.25) is 0 Å². The average Bonchev–Trinajstić information content (AvgIpc) is 3.31. The molecule has 0 saturated carbocycles. The number of rotatable bonds is 11. The number of allylic oxidation sites excluding steroid dienone is 1. The van der Waals surface area contributed by atoms with Gasteiger partial charge in [0.15, 0.2) is 5.78 Å². The maximum atomic E-state index is 13.3. The van der Waals surface area contributed by atoms with E-state index in [1.165, 1.54) is 15.9 Å². The van der Waals surface area contributed by atoms with Gasteiger partial charge >= 0.3 is 5.97 Å². The third kappa shape index (κ3) is 7.93. The lowest BCUT2D eigenvalue weighted by Gasteiger charge is -2.24. The number of carbonyl (C=O) groups excluding carboxylic acids is 1. The van der Waals surface area contributed by atoms with Crippen LogP contribution in [0, 0.1) is 6.92 Å². The first-order chi connectivity index (χ1) is 21.3. The summed E-state index contributed by atoms with van der Waals surface area (Å²) in [6.07, 6.45) is 5.16. The number of ether oxygens (including phenoxy) is 1. The van der Waals surface area contributed by atoms with Gasteiger partial charge < -0.3 is 15.2 Å². The van der Waals surface area contributed by atoms with E-state index in [1.807, 2.05) is 85.8 Å². The third-order valence-electron chi connectivity index (χ3n) is 7.08. The summed E-state index contributed by atoms with van der Waals surface area (Å²) in [5, 5.41) is 13.3. The quantitative estimate of drug-likeness (QED) is 0.104. The lowest BCUT2D eigenvalue weighted by Crippen LogP contribution is -2.45. The summed E-state index contributed by atoms with van der Waals surface area (Å²) < 4.78 is 20.5. The molecule has 0 aliphatic carbocycles. The third-order valence-corrected chi connectivity index (χ3v) is 9.08. The summed E-state index contributed by atoms with van der Waals surface area (Å²) >= 11 is 4.47. The van der Waals surface area contributed by atoms with Crippen molar-refractivity contribution in [1.82, 2.24) is 9.62 Å². The second-order valence-electron chi connectivity index (χ2n) is 10.3. The number of hydrogen-bond donors (Lipinski definition) is 3. The van der Waals surface area contributed by atoms with Gasteiger partial charge in [-0.1, -0.05) is 90.5 Å². The van der Waals surface area contributed by atoms with E-state index in [0.29, 0.717) is 22.9 Å². The fourth-order valence-corrected chi connectivity index (χ4v) is 6.59. The number of nitrogens with zero attached hydrogens (tertiary/aromatic N) is 1. The minimum absolute atomic E-state index is 0.129. The summed E-state index contributed by atoms with van der Waals surface area (Å²) in [6, 6.07) is 30.8. The molecule has 1 aliphatic rings. The van der Waals surface area contributed by atoms with Gasteiger partial charge in [-0.05, 0) is 72.0 Å². The molecule has 5 rings (SSSR count). The maximum absolute atomic E-state index is 13.3. The van der Waals surface area contributed by atoms with Crippen molar-refractivity contribution in [3.05, 3.63) is 148 Å². The van der Waals surface area contributed by atoms with Crippen LogP contribution in [0.3, 0.4) is 0 Å². The van der Waals surface area contributed by atoms with Crippen molar-refractivity contribution in [2.24, 2.45) is 0 Å². The Kier molecular flexibility index (Phi) is 10.1. The van der Waals surface area contributed by atoms with E-state index in [0.717, 1.165) is 22.3 Å². The Morgan fingerprint density at radius 2 is 1.59 bits per heavy atom. The Morgan fingerprint density at radius 3 is 2.25 bits per heavy atom. The largest absolute Gasteiger partial charge is 0.489 e. The highest BCUT2D eigenvalue weighted by Crippen LogP contribution is 2.27. The fourth-order valence-electron chi connectivity index (χ4n) is 4.64. The van der Waals surface area contributed by atoms with Crippen LogP contribution in [0.4, 0.5) is 0 Å². The van der Waals surface area contributed by atoms with Gasteiger partial charge in [0.25, 0.3) is 0 Å². The van der Waals surface area contributed by atoms with E-state index in [1.54, 1.807) is 36.4 Å². The highest BCUT2D eigenvalue weighted by molar-refractivity contribution is 7.89. The Morgan fingerprint density at radius 1 is 0.932 bits per heavy atom. The van der Waals surface area contributed by atoms with Crippen LogP contribution in [0.5, 0.6) is 5.75 Å². The van der Waals surface area contributed by atoms with Crippen molar-refractivity contribution < 1.29 is 23.6 Å². The Balaban J connectivity index is 1.18. The molecular weight excluding hydrogens is 593 g/mol. The van der Waals surface area contributed by atoms with Crippen molar-refractivity contribution in [3.8, 4) is 5.75 Å². The Bertz CT molecular complexity index is 1690. The molecule has 44 heavy (non-hydrogen) atoms. The zero-order valence-electron chi connectivity index (χ0n) is 24.0. The summed E-state index contributed by atoms with van der Waals surface area (Å²) in [5.41, 5.74) is 4.52. The molecule has 7 nitrogen and oxygen atoms in total. The van der Waals surface area contributed by atoms with E-state index in [9.17, 15) is 18.9 Å². The standard InChI is InChI=1S/C35H32N2O5S2/c1-24-7-9-28(10-8-24)23-42-30-18-16-29(17-19-30)32(38)20-15-25-11-13-27(14-12-25)22-33-36-35(43)37(44(33)41)31(34(39)40)21-26-5-3-2-4-6-26/h2-20,22,31,35-36,43H,21,23H2,1H3,(H,39,40)/b20-15+,33-22-/t31?,35-,44?/m0/s1. The van der Waals surface area contributed by atoms with Crippen molar-refractivity contribution >= 4 is 47.5 Å². The zero-order chi connectivity index (χ0) is 31.1. The van der Waals surface area contributed by atoms with Gasteiger partial charge in [-0.2, -0.15) is 4.31 Å². The average molecular weight is 625 g/mol. The van der Waals surface area contributed by atoms with Gasteiger partial charge in [-0.15, -0.1) is 12.6 Å². The Labute approximate surface area is 264 Å². The van der Waals surface area contributed by atoms with Gasteiger partial charge in [-0.25, -0.2) is 4.21 Å². The normalized spacial score (nSPS) is 18.3. The lowest BCUT2D eigenvalue weighted by molar-refractivity contribution is -0.141. The van der Waals surface area contributed by atoms with E-state index in [4.69, 9.17) is 4.74 Å². The minimum atomic E-state index is -1.75. The molecule has 3 atom stereocenters. The van der Waals surface area contributed by atoms with Gasteiger partial charge in [-0.3, -0.25) is 9.59 Å². The first kappa shape index (κ1) is 31.0. The van der Waals surface area contributed by atoms with Crippen LogP contribution in [0.15, 0.2) is 114 Å². The number of aliphatic carboxylic acids is 1. The van der Waals surface area contributed by atoms with Crippen molar-refractivity contribution in [2.45, 2.75) is 31.5 Å². The molecule has 2 unspecified atom stereocenters. The molecule has 0 amide bonds. The van der Waals surface area contributed by atoms with Gasteiger partial charge in [0.05, 0.1) is 0 Å². The molecule has 0 spiro atoms. The predicted octanol–water partition coefficient (Wildman–Crippen LogP) is 6.25. The molecule has 1 saturated heterocycles. The molecule has 0 radical (unpaired) electrons. The highest BCUT2D eigenvalue weighted by atomic mass is 32.2. The number of carboxylic acid groups (broad SMARTS) is 1. The summed E-state index contributed by atoms with van der Waals surface area (Å²) in [4.78, 5) is 24.8. The molecule has 1 fully saturated rings. The number of ketones is 1. The molecule has 1 aliphatic heterocycles. The van der Waals surface area contributed by atoms with Crippen LogP contribution in [-0.4, -0.2) is 36.9 Å². The van der Waals surface area contributed by atoms with Crippen molar-refractivity contribution in [2.75, 3.05) is 0 Å². The molecule has 2 N–H and O–H groups in total. The van der Waals surface area contributed by atoms with E-state index >= 15 is 0 Å². The smallest absolute Gasteiger partial charge is 0.322 e. The van der Waals surface area contributed by atoms with Crippen molar-refractivity contribution in [1.29, 1.82) is 0 Å². The van der Waals surface area contributed by atoms with E-state index in [2.05, 4.69) is 17.9 Å². The SMILES string of the molecule is Cc1ccc(COc2ccc(C(=O)/C=C/c3ccc(/C=C4/N[C@H](S)N(C(Cc5ccccc5)C(=O)O)S4=O)cc3)cc2)cc1. The second kappa shape index (κ2) is 14.4. The predicted molar refractivity (Wildman–Crippen MR) is 177 cm³/mol. The highest BCUT2D eigenvalue weighted by Gasteiger charge is 2.41. The molecule has 4 aromatic rings. The molecular formula is C35H32N2O5S2. The molecule has 224 valence electrons. The van der Waals surface area contributed by atoms with Crippen LogP contribution < -0.4 is 10.1 Å². The number of carbonyl (C=O) groups is 2. The van der Waals surface area contributed by atoms with Crippen LogP contribution in [0.2, 0.25) is 0 Å². The number of carboxylic acids is 1.